The van der Waals surface area contributed by atoms with E-state index < -0.39 is 22.2 Å². The van der Waals surface area contributed by atoms with E-state index >= 15 is 0 Å². The van der Waals surface area contributed by atoms with Gasteiger partial charge in [0.1, 0.15) is 4.75 Å². The van der Waals surface area contributed by atoms with Crippen LogP contribution in [0.1, 0.15) is 39.3 Å². The van der Waals surface area contributed by atoms with Crippen LogP contribution in [0.3, 0.4) is 0 Å². The number of hydrogen-bond acceptors (Lipinski definition) is 3. The fourth-order valence-electron chi connectivity index (χ4n) is 2.93. The SMILES string of the molecule is CC(N[S@+]([O-])C(C)(C)C)c1c(-c2ccccc2)[nH]c2c(Cl)cccc2c1=O. The smallest absolute Gasteiger partial charge is 0.195 e. The maximum absolute atomic E-state index is 13.3. The van der Waals surface area contributed by atoms with Gasteiger partial charge in [-0.05, 0) is 45.4 Å². The molecule has 0 saturated heterocycles. The molecule has 2 N–H and O–H groups in total. The number of benzene rings is 2. The van der Waals surface area contributed by atoms with Crippen molar-refractivity contribution in [2.24, 2.45) is 0 Å². The number of rotatable bonds is 4. The molecule has 0 saturated carbocycles. The number of fused-ring (bicyclic) bond motifs is 1. The molecule has 0 aliphatic heterocycles. The second-order valence-electron chi connectivity index (χ2n) is 7.49. The molecule has 2 atom stereocenters. The highest BCUT2D eigenvalue weighted by Crippen LogP contribution is 2.30. The third-order valence-corrected chi connectivity index (χ3v) is 6.35. The quantitative estimate of drug-likeness (QED) is 0.606. The van der Waals surface area contributed by atoms with Crippen LogP contribution in [0.15, 0.2) is 53.3 Å². The monoisotopic (exact) mass is 402 g/mol. The van der Waals surface area contributed by atoms with Gasteiger partial charge in [-0.1, -0.05) is 48.0 Å². The zero-order valence-electron chi connectivity index (χ0n) is 15.8. The summed E-state index contributed by atoms with van der Waals surface area (Å²) in [5, 5.41) is 1.01. The number of nitrogens with one attached hydrogen (secondary N) is 2. The number of pyridine rings is 1. The summed E-state index contributed by atoms with van der Waals surface area (Å²) in [7, 11) is 0. The van der Waals surface area contributed by atoms with Gasteiger partial charge in [-0.25, -0.2) is 0 Å². The molecule has 1 aromatic heterocycles. The van der Waals surface area contributed by atoms with Gasteiger partial charge >= 0.3 is 0 Å². The molecule has 3 aromatic rings. The Balaban J connectivity index is 2.23. The number of halogens is 1. The maximum Gasteiger partial charge on any atom is 0.195 e. The van der Waals surface area contributed by atoms with E-state index in [4.69, 9.17) is 11.6 Å². The van der Waals surface area contributed by atoms with E-state index in [-0.39, 0.29) is 5.43 Å². The molecule has 0 aliphatic rings. The van der Waals surface area contributed by atoms with Crippen molar-refractivity contribution in [3.8, 4) is 11.3 Å². The van der Waals surface area contributed by atoms with E-state index in [0.717, 1.165) is 5.56 Å². The van der Waals surface area contributed by atoms with Crippen LogP contribution in [0, 0.1) is 0 Å². The molecule has 1 unspecified atom stereocenters. The third-order valence-electron chi connectivity index (χ3n) is 4.36. The van der Waals surface area contributed by atoms with Crippen LogP contribution in [-0.2, 0) is 11.4 Å². The largest absolute Gasteiger partial charge is 0.598 e. The van der Waals surface area contributed by atoms with Crippen molar-refractivity contribution in [2.45, 2.75) is 38.5 Å². The Bertz CT molecular complexity index is 1010. The molecule has 0 amide bonds. The lowest BCUT2D eigenvalue weighted by molar-refractivity contribution is 0.531. The van der Waals surface area contributed by atoms with Gasteiger partial charge in [0.2, 0.25) is 0 Å². The van der Waals surface area contributed by atoms with Crippen molar-refractivity contribution < 1.29 is 4.55 Å². The summed E-state index contributed by atoms with van der Waals surface area (Å²) >= 11 is 5.02. The number of para-hydroxylation sites is 1. The van der Waals surface area contributed by atoms with Crippen LogP contribution in [0.5, 0.6) is 0 Å². The topological polar surface area (TPSA) is 67.9 Å². The highest BCUT2D eigenvalue weighted by atomic mass is 35.5. The molecule has 0 fully saturated rings. The first-order valence-corrected chi connectivity index (χ1v) is 10.3. The highest BCUT2D eigenvalue weighted by molar-refractivity contribution is 7.90. The van der Waals surface area contributed by atoms with E-state index in [0.29, 0.717) is 27.2 Å². The van der Waals surface area contributed by atoms with Crippen molar-refractivity contribution in [3.05, 3.63) is 69.3 Å². The molecule has 3 rings (SSSR count). The Kier molecular flexibility index (Phi) is 5.68. The highest BCUT2D eigenvalue weighted by Gasteiger charge is 2.30. The van der Waals surface area contributed by atoms with E-state index in [1.165, 1.54) is 0 Å². The Hall–Kier alpha value is -1.79. The van der Waals surface area contributed by atoms with Gasteiger partial charge in [0, 0.05) is 22.3 Å². The molecular formula is C21H23ClN2O2S. The van der Waals surface area contributed by atoms with Crippen LogP contribution in [0.4, 0.5) is 0 Å². The van der Waals surface area contributed by atoms with Gasteiger partial charge in [0.15, 0.2) is 5.43 Å². The molecule has 0 radical (unpaired) electrons. The number of H-pyrrole nitrogens is 1. The third kappa shape index (κ3) is 4.06. The minimum atomic E-state index is -1.31. The summed E-state index contributed by atoms with van der Waals surface area (Å²) in [6, 6.07) is 14.5. The molecule has 142 valence electrons. The first-order valence-electron chi connectivity index (χ1n) is 8.78. The van der Waals surface area contributed by atoms with Gasteiger partial charge in [-0.3, -0.25) is 4.79 Å². The molecule has 1 heterocycles. The predicted molar refractivity (Wildman–Crippen MR) is 114 cm³/mol. The minimum absolute atomic E-state index is 0.115. The normalized spacial score (nSPS) is 14.3. The molecule has 0 bridgehead atoms. The summed E-state index contributed by atoms with van der Waals surface area (Å²) in [6.07, 6.45) is 0. The maximum atomic E-state index is 13.3. The lowest BCUT2D eigenvalue weighted by Crippen LogP contribution is -2.41. The van der Waals surface area contributed by atoms with Crippen molar-refractivity contribution in [1.29, 1.82) is 0 Å². The second kappa shape index (κ2) is 7.68. The van der Waals surface area contributed by atoms with Gasteiger partial charge in [-0.15, -0.1) is 4.72 Å². The lowest BCUT2D eigenvalue weighted by atomic mass is 9.98. The van der Waals surface area contributed by atoms with E-state index in [1.807, 2.05) is 58.0 Å². The first-order chi connectivity index (χ1) is 12.7. The molecule has 0 aliphatic carbocycles. The predicted octanol–water partition coefficient (Wildman–Crippen LogP) is 4.96. The zero-order valence-corrected chi connectivity index (χ0v) is 17.4. The summed E-state index contributed by atoms with van der Waals surface area (Å²) in [5.41, 5.74) is 2.61. The van der Waals surface area contributed by atoms with Crippen LogP contribution < -0.4 is 10.2 Å². The van der Waals surface area contributed by atoms with Crippen molar-refractivity contribution >= 4 is 33.9 Å². The average molecular weight is 403 g/mol. The van der Waals surface area contributed by atoms with Crippen LogP contribution in [0.2, 0.25) is 5.02 Å². The molecular weight excluding hydrogens is 380 g/mol. The molecule has 27 heavy (non-hydrogen) atoms. The number of aromatic nitrogens is 1. The fourth-order valence-corrected chi connectivity index (χ4v) is 3.95. The van der Waals surface area contributed by atoms with Gasteiger partial charge in [-0.2, -0.15) is 0 Å². The fraction of sp³-hybridized carbons (Fsp3) is 0.286. The number of aromatic amines is 1. The molecule has 6 heteroatoms. The van der Waals surface area contributed by atoms with Crippen molar-refractivity contribution in [1.82, 2.24) is 9.71 Å². The Morgan fingerprint density at radius 2 is 1.78 bits per heavy atom. The lowest BCUT2D eigenvalue weighted by Gasteiger charge is -2.27. The van der Waals surface area contributed by atoms with Gasteiger partial charge in [0.25, 0.3) is 0 Å². The van der Waals surface area contributed by atoms with Gasteiger partial charge in [0.05, 0.1) is 22.3 Å². The minimum Gasteiger partial charge on any atom is -0.598 e. The summed E-state index contributed by atoms with van der Waals surface area (Å²) in [6.45, 7) is 7.54. The summed E-state index contributed by atoms with van der Waals surface area (Å²) in [4.78, 5) is 16.7. The summed E-state index contributed by atoms with van der Waals surface area (Å²) < 4.78 is 15.2. The Labute approximate surface area is 167 Å². The van der Waals surface area contributed by atoms with Crippen LogP contribution in [-0.4, -0.2) is 14.3 Å². The van der Waals surface area contributed by atoms with Crippen LogP contribution in [0.25, 0.3) is 22.2 Å². The van der Waals surface area contributed by atoms with Crippen LogP contribution >= 0.6 is 11.6 Å². The average Bonchev–Trinajstić information content (AvgIpc) is 2.62. The second-order valence-corrected chi connectivity index (χ2v) is 9.90. The van der Waals surface area contributed by atoms with E-state index in [9.17, 15) is 9.35 Å². The summed E-state index contributed by atoms with van der Waals surface area (Å²) in [5.74, 6) is 0. The zero-order chi connectivity index (χ0) is 19.8. The standard InChI is InChI=1S/C21H23ClN2O2S/c1-13(24-27(26)21(2,3)4)17-18(14-9-6-5-7-10-14)23-19-15(20(17)25)11-8-12-16(19)22/h5-13,24H,1-4H3,(H,23,25)/t13?,27-/m1/s1. The van der Waals surface area contributed by atoms with Crippen molar-refractivity contribution in [3.63, 3.8) is 0 Å². The van der Waals surface area contributed by atoms with E-state index in [1.54, 1.807) is 18.2 Å². The number of hydrogen-bond donors (Lipinski definition) is 2. The Morgan fingerprint density at radius 1 is 1.11 bits per heavy atom. The molecule has 2 aromatic carbocycles. The van der Waals surface area contributed by atoms with Gasteiger partial charge < -0.3 is 9.54 Å². The van der Waals surface area contributed by atoms with Crippen molar-refractivity contribution in [2.75, 3.05) is 0 Å². The Morgan fingerprint density at radius 3 is 2.41 bits per heavy atom. The first kappa shape index (κ1) is 20.0. The molecule has 4 nitrogen and oxygen atoms in total. The van der Waals surface area contributed by atoms with E-state index in [2.05, 4.69) is 9.71 Å². The molecule has 0 spiro atoms.